The highest BCUT2D eigenvalue weighted by Crippen LogP contribution is 2.14. The van der Waals surface area contributed by atoms with Gasteiger partial charge in [-0.15, -0.1) is 0 Å². The van der Waals surface area contributed by atoms with Crippen LogP contribution < -0.4 is 0 Å². The number of halogens is 1. The first-order valence-corrected chi connectivity index (χ1v) is 8.08. The third-order valence-corrected chi connectivity index (χ3v) is 3.68. The van der Waals surface area contributed by atoms with Crippen LogP contribution in [-0.4, -0.2) is 5.24 Å². The molecule has 0 atom stereocenters. The number of hydrogen-bond donors (Lipinski definition) is 0. The lowest BCUT2D eigenvalue weighted by molar-refractivity contribution is 0.108. The molecule has 1 nitrogen and oxygen atoms in total. The van der Waals surface area contributed by atoms with E-state index in [0.29, 0.717) is 11.1 Å². The van der Waals surface area contributed by atoms with E-state index in [1.807, 2.05) is 66.7 Å². The predicted octanol–water partition coefficient (Wildman–Crippen LogP) is 4.87. The summed E-state index contributed by atoms with van der Waals surface area (Å²) in [5, 5.41) is -0.541. The van der Waals surface area contributed by atoms with Crippen molar-refractivity contribution in [2.75, 3.05) is 0 Å². The topological polar surface area (TPSA) is 17.1 Å². The monoisotopic (exact) mass is 340 g/mol. The van der Waals surface area contributed by atoms with Crippen molar-refractivity contribution in [3.63, 3.8) is 0 Å². The van der Waals surface area contributed by atoms with Gasteiger partial charge in [0.15, 0.2) is 0 Å². The average molecular weight is 341 g/mol. The number of rotatable bonds is 1. The summed E-state index contributed by atoms with van der Waals surface area (Å²) in [6.07, 6.45) is 0. The quantitative estimate of drug-likeness (QED) is 0.456. The first kappa shape index (κ1) is 16.6. The fourth-order valence-electron chi connectivity index (χ4n) is 2.22. The third-order valence-electron chi connectivity index (χ3n) is 3.47. The van der Waals surface area contributed by atoms with E-state index in [2.05, 4.69) is 23.7 Å². The first-order chi connectivity index (χ1) is 12.2. The summed E-state index contributed by atoms with van der Waals surface area (Å²) >= 11 is 5.72. The lowest BCUT2D eigenvalue weighted by Gasteiger charge is -2.00. The van der Waals surface area contributed by atoms with E-state index in [1.54, 1.807) is 12.1 Å². The molecule has 3 aromatic rings. The van der Waals surface area contributed by atoms with Crippen LogP contribution in [-0.2, 0) is 0 Å². The summed E-state index contributed by atoms with van der Waals surface area (Å²) in [5.41, 5.74) is 3.47. The zero-order valence-electron chi connectivity index (χ0n) is 13.3. The van der Waals surface area contributed by atoms with E-state index < -0.39 is 5.24 Å². The maximum Gasteiger partial charge on any atom is 0.253 e. The summed E-state index contributed by atoms with van der Waals surface area (Å²) in [7, 11) is 0. The van der Waals surface area contributed by atoms with Gasteiger partial charge in [-0.2, -0.15) is 0 Å². The maximum atomic E-state index is 11.8. The van der Waals surface area contributed by atoms with Crippen LogP contribution >= 0.6 is 11.6 Å². The van der Waals surface area contributed by atoms with Crippen LogP contribution in [0, 0.1) is 23.7 Å². The number of carbonyl (C=O) groups excluding carboxylic acids is 1. The van der Waals surface area contributed by atoms with E-state index in [9.17, 15) is 4.79 Å². The second-order valence-corrected chi connectivity index (χ2v) is 5.61. The summed E-state index contributed by atoms with van der Waals surface area (Å²) < 4.78 is 0. The molecule has 0 radical (unpaired) electrons. The van der Waals surface area contributed by atoms with Crippen LogP contribution in [0.15, 0.2) is 78.9 Å². The number of hydrogen-bond acceptors (Lipinski definition) is 1. The lowest BCUT2D eigenvalue weighted by Crippen LogP contribution is -1.95. The summed E-state index contributed by atoms with van der Waals surface area (Å²) in [6.45, 7) is 0. The molecule has 3 aromatic carbocycles. The van der Waals surface area contributed by atoms with Crippen molar-refractivity contribution in [2.24, 2.45) is 0 Å². The summed E-state index contributed by atoms with van der Waals surface area (Å²) in [4.78, 5) is 11.8. The van der Waals surface area contributed by atoms with Gasteiger partial charge in [-0.1, -0.05) is 60.1 Å². The Morgan fingerprint density at radius 1 is 0.640 bits per heavy atom. The molecule has 0 aliphatic carbocycles. The van der Waals surface area contributed by atoms with Crippen LogP contribution in [0.1, 0.15) is 32.6 Å². The zero-order chi connectivity index (χ0) is 17.5. The van der Waals surface area contributed by atoms with Gasteiger partial charge in [0, 0.05) is 22.3 Å². The van der Waals surface area contributed by atoms with E-state index >= 15 is 0 Å². The minimum atomic E-state index is -0.541. The fraction of sp³-hybridized carbons (Fsp3) is 0. The Bertz CT molecular complexity index is 1010. The molecule has 3 rings (SSSR count). The molecule has 0 spiro atoms. The smallest absolute Gasteiger partial charge is 0.253 e. The highest BCUT2D eigenvalue weighted by atomic mass is 35.5. The fourth-order valence-corrected chi connectivity index (χ4v) is 2.38. The molecule has 0 aliphatic rings. The molecule has 0 N–H and O–H groups in total. The standard InChI is InChI=1S/C23H13ClO/c24-23(25)22-17-20(12-11-18-7-3-1-4-8-18)14-16-21(22)15-13-19-9-5-2-6-10-19/h1-10,14,16-17H. The summed E-state index contributed by atoms with van der Waals surface area (Å²) in [6, 6.07) is 24.5. The Kier molecular flexibility index (Phi) is 5.32. The lowest BCUT2D eigenvalue weighted by atomic mass is 10.0. The molecule has 0 bridgehead atoms. The zero-order valence-corrected chi connectivity index (χ0v) is 14.0. The van der Waals surface area contributed by atoms with Gasteiger partial charge in [-0.3, -0.25) is 4.79 Å². The Hall–Kier alpha value is -3.26. The summed E-state index contributed by atoms with van der Waals surface area (Å²) in [5.74, 6) is 12.2. The van der Waals surface area contributed by atoms with E-state index in [1.165, 1.54) is 0 Å². The Morgan fingerprint density at radius 2 is 1.16 bits per heavy atom. The van der Waals surface area contributed by atoms with E-state index in [-0.39, 0.29) is 0 Å². The van der Waals surface area contributed by atoms with Crippen LogP contribution in [0.3, 0.4) is 0 Å². The van der Waals surface area contributed by atoms with Gasteiger partial charge >= 0.3 is 0 Å². The van der Waals surface area contributed by atoms with Gasteiger partial charge in [-0.05, 0) is 54.1 Å². The molecule has 118 valence electrons. The van der Waals surface area contributed by atoms with Crippen molar-refractivity contribution in [3.05, 3.63) is 107 Å². The second-order valence-electron chi connectivity index (χ2n) is 5.27. The van der Waals surface area contributed by atoms with Gasteiger partial charge < -0.3 is 0 Å². The normalized spacial score (nSPS) is 9.32. The Labute approximate surface area is 152 Å². The molecule has 0 saturated heterocycles. The van der Waals surface area contributed by atoms with Crippen molar-refractivity contribution < 1.29 is 4.79 Å². The van der Waals surface area contributed by atoms with Gasteiger partial charge in [0.05, 0.1) is 5.56 Å². The second kappa shape index (κ2) is 8.02. The molecule has 25 heavy (non-hydrogen) atoms. The number of carbonyl (C=O) groups is 1. The molecular weight excluding hydrogens is 328 g/mol. The minimum Gasteiger partial charge on any atom is -0.276 e. The Morgan fingerprint density at radius 3 is 1.72 bits per heavy atom. The van der Waals surface area contributed by atoms with Crippen molar-refractivity contribution in [3.8, 4) is 23.7 Å². The van der Waals surface area contributed by atoms with Gasteiger partial charge in [0.2, 0.25) is 0 Å². The van der Waals surface area contributed by atoms with Gasteiger partial charge in [-0.25, -0.2) is 0 Å². The molecule has 0 heterocycles. The molecule has 0 aromatic heterocycles. The van der Waals surface area contributed by atoms with E-state index in [0.717, 1.165) is 16.7 Å². The molecule has 0 fully saturated rings. The van der Waals surface area contributed by atoms with Crippen LogP contribution in [0.25, 0.3) is 0 Å². The predicted molar refractivity (Wildman–Crippen MR) is 101 cm³/mol. The van der Waals surface area contributed by atoms with Crippen molar-refractivity contribution in [1.82, 2.24) is 0 Å². The molecule has 0 aliphatic heterocycles. The molecule has 0 amide bonds. The highest BCUT2D eigenvalue weighted by Gasteiger charge is 2.08. The van der Waals surface area contributed by atoms with E-state index in [4.69, 9.17) is 11.6 Å². The minimum absolute atomic E-state index is 0.366. The maximum absolute atomic E-state index is 11.8. The SMILES string of the molecule is O=C(Cl)c1cc(C#Cc2ccccc2)ccc1C#Cc1ccccc1. The highest BCUT2D eigenvalue weighted by molar-refractivity contribution is 6.68. The Balaban J connectivity index is 1.93. The third kappa shape index (κ3) is 4.61. The first-order valence-electron chi connectivity index (χ1n) is 7.70. The van der Waals surface area contributed by atoms with Crippen molar-refractivity contribution in [1.29, 1.82) is 0 Å². The van der Waals surface area contributed by atoms with Crippen molar-refractivity contribution in [2.45, 2.75) is 0 Å². The number of benzene rings is 3. The molecule has 0 saturated carbocycles. The average Bonchev–Trinajstić information content (AvgIpc) is 2.66. The molecule has 2 heteroatoms. The largest absolute Gasteiger partial charge is 0.276 e. The van der Waals surface area contributed by atoms with Crippen LogP contribution in [0.5, 0.6) is 0 Å². The van der Waals surface area contributed by atoms with Crippen LogP contribution in [0.2, 0.25) is 0 Å². The van der Waals surface area contributed by atoms with Crippen molar-refractivity contribution >= 4 is 16.8 Å². The molecule has 0 unspecified atom stereocenters. The van der Waals surface area contributed by atoms with Gasteiger partial charge in [0.1, 0.15) is 0 Å². The van der Waals surface area contributed by atoms with Crippen LogP contribution in [0.4, 0.5) is 0 Å². The molecular formula is C23H13ClO. The van der Waals surface area contributed by atoms with Gasteiger partial charge in [0.25, 0.3) is 5.24 Å².